The second kappa shape index (κ2) is 7.48. The molecule has 0 atom stereocenters. The van der Waals surface area contributed by atoms with Gasteiger partial charge in [0, 0.05) is 16.8 Å². The number of carbonyl (C=O) groups is 1. The molecule has 5 nitrogen and oxygen atoms in total. The summed E-state index contributed by atoms with van der Waals surface area (Å²) in [7, 11) is 0. The van der Waals surface area contributed by atoms with E-state index in [0.717, 1.165) is 22.4 Å². The van der Waals surface area contributed by atoms with E-state index in [0.29, 0.717) is 11.3 Å². The van der Waals surface area contributed by atoms with Gasteiger partial charge in [-0.25, -0.2) is 4.98 Å². The summed E-state index contributed by atoms with van der Waals surface area (Å²) in [6, 6.07) is 20.5. The molecule has 1 heterocycles. The topological polar surface area (TPSA) is 67.0 Å². The van der Waals surface area contributed by atoms with Gasteiger partial charge in [-0.3, -0.25) is 4.79 Å². The number of para-hydroxylation sites is 2. The summed E-state index contributed by atoms with van der Waals surface area (Å²) in [4.78, 5) is 20.1. The molecule has 4 aromatic rings. The van der Waals surface area contributed by atoms with Crippen LogP contribution < -0.4 is 10.1 Å². The number of amides is 1. The van der Waals surface area contributed by atoms with Gasteiger partial charge in [-0.05, 0) is 60.7 Å². The quantitative estimate of drug-likeness (QED) is 0.508. The van der Waals surface area contributed by atoms with E-state index in [1.54, 1.807) is 12.1 Å². The van der Waals surface area contributed by atoms with Gasteiger partial charge >= 0.3 is 6.61 Å². The van der Waals surface area contributed by atoms with Crippen LogP contribution in [0, 0.1) is 0 Å². The van der Waals surface area contributed by atoms with Crippen LogP contribution in [0.1, 0.15) is 10.4 Å². The van der Waals surface area contributed by atoms with E-state index in [2.05, 4.69) is 20.0 Å². The maximum atomic E-state index is 12.3. The number of imidazole rings is 1. The summed E-state index contributed by atoms with van der Waals surface area (Å²) in [6.45, 7) is -2.90. The van der Waals surface area contributed by atoms with E-state index in [9.17, 15) is 13.6 Å². The molecule has 2 N–H and O–H groups in total. The number of hydrogen-bond acceptors (Lipinski definition) is 3. The number of fused-ring (bicyclic) bond motifs is 1. The van der Waals surface area contributed by atoms with Crippen molar-refractivity contribution < 1.29 is 18.3 Å². The molecule has 0 aliphatic heterocycles. The van der Waals surface area contributed by atoms with Crippen molar-refractivity contribution in [2.75, 3.05) is 5.32 Å². The molecule has 1 aromatic heterocycles. The fourth-order valence-corrected chi connectivity index (χ4v) is 2.79. The first kappa shape index (κ1) is 17.7. The van der Waals surface area contributed by atoms with E-state index < -0.39 is 6.61 Å². The zero-order chi connectivity index (χ0) is 19.5. The zero-order valence-electron chi connectivity index (χ0n) is 14.5. The van der Waals surface area contributed by atoms with Crippen molar-refractivity contribution in [3.05, 3.63) is 78.4 Å². The fraction of sp³-hybridized carbons (Fsp3) is 0.0476. The van der Waals surface area contributed by atoms with E-state index in [4.69, 9.17) is 0 Å². The Kier molecular flexibility index (Phi) is 4.72. The molecule has 0 spiro atoms. The van der Waals surface area contributed by atoms with Crippen molar-refractivity contribution in [1.82, 2.24) is 9.97 Å². The number of rotatable bonds is 5. The molecule has 28 heavy (non-hydrogen) atoms. The molecule has 3 aromatic carbocycles. The van der Waals surface area contributed by atoms with Crippen LogP contribution in [-0.4, -0.2) is 22.5 Å². The van der Waals surface area contributed by atoms with Crippen LogP contribution in [-0.2, 0) is 0 Å². The molecule has 1 amide bonds. The Hall–Kier alpha value is -3.74. The van der Waals surface area contributed by atoms with Crippen molar-refractivity contribution in [2.24, 2.45) is 0 Å². The van der Waals surface area contributed by atoms with Gasteiger partial charge in [0.2, 0.25) is 0 Å². The zero-order valence-corrected chi connectivity index (χ0v) is 14.5. The first-order valence-corrected chi connectivity index (χ1v) is 8.50. The van der Waals surface area contributed by atoms with Crippen LogP contribution in [0.4, 0.5) is 14.5 Å². The van der Waals surface area contributed by atoms with Crippen LogP contribution in [0.3, 0.4) is 0 Å². The normalized spacial score (nSPS) is 11.0. The molecule has 0 fully saturated rings. The van der Waals surface area contributed by atoms with Crippen LogP contribution >= 0.6 is 0 Å². The summed E-state index contributed by atoms with van der Waals surface area (Å²) in [5.74, 6) is 0.399. The Bertz CT molecular complexity index is 1070. The number of halogens is 2. The second-order valence-corrected chi connectivity index (χ2v) is 6.04. The number of aromatic amines is 1. The molecule has 0 aliphatic carbocycles. The molecule has 7 heteroatoms. The molecule has 0 radical (unpaired) electrons. The minimum absolute atomic E-state index is 0.00161. The van der Waals surface area contributed by atoms with Crippen molar-refractivity contribution >= 4 is 22.6 Å². The molecular formula is C21H15F2N3O2. The highest BCUT2D eigenvalue weighted by Crippen LogP contribution is 2.22. The number of hydrogen-bond donors (Lipinski definition) is 2. The Labute approximate surface area is 159 Å². The molecule has 0 aliphatic rings. The van der Waals surface area contributed by atoms with Gasteiger partial charge in [0.25, 0.3) is 5.91 Å². The third-order valence-electron chi connectivity index (χ3n) is 4.15. The maximum absolute atomic E-state index is 12.3. The summed E-state index contributed by atoms with van der Waals surface area (Å²) in [5.41, 5.74) is 3.67. The first-order chi connectivity index (χ1) is 13.6. The highest BCUT2D eigenvalue weighted by atomic mass is 19.3. The van der Waals surface area contributed by atoms with Crippen molar-refractivity contribution in [1.29, 1.82) is 0 Å². The van der Waals surface area contributed by atoms with Gasteiger partial charge in [0.05, 0.1) is 11.0 Å². The Morgan fingerprint density at radius 2 is 1.68 bits per heavy atom. The second-order valence-electron chi connectivity index (χ2n) is 6.04. The number of nitrogens with zero attached hydrogens (tertiary/aromatic N) is 1. The number of carbonyl (C=O) groups excluding carboxylic acids is 1. The molecule has 4 rings (SSSR count). The smallest absolute Gasteiger partial charge is 0.387 e. The van der Waals surface area contributed by atoms with E-state index in [1.165, 1.54) is 24.3 Å². The third-order valence-corrected chi connectivity index (χ3v) is 4.15. The molecular weight excluding hydrogens is 364 g/mol. The first-order valence-electron chi connectivity index (χ1n) is 8.50. The van der Waals surface area contributed by atoms with Crippen molar-refractivity contribution in [3.63, 3.8) is 0 Å². The average molecular weight is 379 g/mol. The minimum atomic E-state index is -2.90. The monoisotopic (exact) mass is 379 g/mol. The largest absolute Gasteiger partial charge is 0.435 e. The Morgan fingerprint density at radius 1 is 0.964 bits per heavy atom. The van der Waals surface area contributed by atoms with Crippen LogP contribution in [0.5, 0.6) is 5.75 Å². The van der Waals surface area contributed by atoms with E-state index >= 15 is 0 Å². The highest BCUT2D eigenvalue weighted by Gasteiger charge is 2.09. The predicted molar refractivity (Wildman–Crippen MR) is 103 cm³/mol. The average Bonchev–Trinajstić information content (AvgIpc) is 3.13. The van der Waals surface area contributed by atoms with Crippen LogP contribution in [0.25, 0.3) is 22.4 Å². The molecule has 0 saturated carbocycles. The molecule has 0 unspecified atom stereocenters. The van der Waals surface area contributed by atoms with Gasteiger partial charge in [-0.1, -0.05) is 12.1 Å². The Morgan fingerprint density at radius 3 is 2.36 bits per heavy atom. The van der Waals surface area contributed by atoms with Crippen LogP contribution in [0.15, 0.2) is 72.8 Å². The van der Waals surface area contributed by atoms with Crippen molar-refractivity contribution in [3.8, 4) is 17.1 Å². The standard InChI is InChI=1S/C21H15F2N3O2/c22-21(23)28-16-11-7-14(8-12-16)20(27)24-15-9-5-13(6-10-15)19-25-17-3-1-2-4-18(17)26-19/h1-12,21H,(H,24,27)(H,25,26). The molecule has 0 bridgehead atoms. The van der Waals surface area contributed by atoms with Crippen molar-refractivity contribution in [2.45, 2.75) is 6.61 Å². The number of anilines is 1. The third kappa shape index (κ3) is 3.83. The highest BCUT2D eigenvalue weighted by molar-refractivity contribution is 6.04. The lowest BCUT2D eigenvalue weighted by Crippen LogP contribution is -2.11. The number of benzene rings is 3. The van der Waals surface area contributed by atoms with Gasteiger partial charge < -0.3 is 15.0 Å². The summed E-state index contributed by atoms with van der Waals surface area (Å²) < 4.78 is 28.6. The number of nitrogens with one attached hydrogen (secondary N) is 2. The van der Waals surface area contributed by atoms with Gasteiger partial charge in [-0.2, -0.15) is 8.78 Å². The Balaban J connectivity index is 1.46. The number of H-pyrrole nitrogens is 1. The predicted octanol–water partition coefficient (Wildman–Crippen LogP) is 5.08. The van der Waals surface area contributed by atoms with Gasteiger partial charge in [-0.15, -0.1) is 0 Å². The minimum Gasteiger partial charge on any atom is -0.435 e. The van der Waals surface area contributed by atoms with E-state index in [1.807, 2.05) is 36.4 Å². The SMILES string of the molecule is O=C(Nc1ccc(-c2nc3ccccc3[nH]2)cc1)c1ccc(OC(F)F)cc1. The lowest BCUT2D eigenvalue weighted by molar-refractivity contribution is -0.0498. The van der Waals surface area contributed by atoms with E-state index in [-0.39, 0.29) is 11.7 Å². The maximum Gasteiger partial charge on any atom is 0.387 e. The van der Waals surface area contributed by atoms with Gasteiger partial charge in [0.1, 0.15) is 11.6 Å². The van der Waals surface area contributed by atoms with Crippen LogP contribution in [0.2, 0.25) is 0 Å². The summed E-state index contributed by atoms with van der Waals surface area (Å²) in [6.07, 6.45) is 0. The summed E-state index contributed by atoms with van der Waals surface area (Å²) in [5, 5.41) is 2.77. The van der Waals surface area contributed by atoms with Gasteiger partial charge in [0.15, 0.2) is 0 Å². The summed E-state index contributed by atoms with van der Waals surface area (Å²) >= 11 is 0. The fourth-order valence-electron chi connectivity index (χ4n) is 2.79. The lowest BCUT2D eigenvalue weighted by atomic mass is 10.1. The number of ether oxygens (including phenoxy) is 1. The molecule has 0 saturated heterocycles. The lowest BCUT2D eigenvalue weighted by Gasteiger charge is -2.07. The number of aromatic nitrogens is 2. The molecule has 140 valence electrons. The number of alkyl halides is 2.